The number of hydrogen-bond donors (Lipinski definition) is 0. The summed E-state index contributed by atoms with van der Waals surface area (Å²) in [6.07, 6.45) is 5.33. The van der Waals surface area contributed by atoms with Gasteiger partial charge in [-0.1, -0.05) is 25.7 Å². The van der Waals surface area contributed by atoms with Gasteiger partial charge in [0.1, 0.15) is 0 Å². The van der Waals surface area contributed by atoms with Gasteiger partial charge in [0, 0.05) is 0 Å². The van der Waals surface area contributed by atoms with Gasteiger partial charge in [0.25, 0.3) is 0 Å². The van der Waals surface area contributed by atoms with Crippen molar-refractivity contribution >= 4 is 0 Å². The van der Waals surface area contributed by atoms with E-state index in [-0.39, 0.29) is 31.1 Å². The van der Waals surface area contributed by atoms with E-state index in [9.17, 15) is 0 Å². The predicted molar refractivity (Wildman–Crippen MR) is 44.7 cm³/mol. The topological polar surface area (TPSA) is 28.2 Å². The van der Waals surface area contributed by atoms with Gasteiger partial charge in [-0.25, -0.2) is 0 Å². The maximum atomic E-state index is 4.08. The minimum absolute atomic E-state index is 0. The van der Waals surface area contributed by atoms with Crippen LogP contribution in [0.15, 0.2) is 0 Å². The second-order valence-corrected chi connectivity index (χ2v) is 2.76. The Hall–Kier alpha value is 0.494. The Kier molecular flexibility index (Phi) is 22.1. The van der Waals surface area contributed by atoms with Crippen molar-refractivity contribution in [3.05, 3.63) is 10.6 Å². The molecule has 0 aromatic rings. The summed E-state index contributed by atoms with van der Waals surface area (Å²) >= 11 is 0. The van der Waals surface area contributed by atoms with Gasteiger partial charge < -0.3 is 20.0 Å². The first-order chi connectivity index (χ1) is 5.00. The van der Waals surface area contributed by atoms with E-state index in [1.165, 1.54) is 25.7 Å². The molecular weight excluding hydrogens is 210 g/mol. The normalized spacial score (nSPS) is 18.5. The van der Waals surface area contributed by atoms with Crippen molar-refractivity contribution in [2.24, 2.45) is 0 Å². The van der Waals surface area contributed by atoms with Gasteiger partial charge >= 0.3 is 21.7 Å². The van der Waals surface area contributed by atoms with Crippen molar-refractivity contribution in [3.8, 4) is 0 Å². The Balaban J connectivity index is -0.000000125. The van der Waals surface area contributed by atoms with Crippen LogP contribution in [0.1, 0.15) is 25.7 Å². The molecule has 0 aromatic heterocycles. The van der Waals surface area contributed by atoms with Crippen molar-refractivity contribution in [2.75, 3.05) is 26.2 Å². The third-order valence-electron chi connectivity index (χ3n) is 1.76. The fraction of sp³-hybridized carbons (Fsp3) is 1.00. The van der Waals surface area contributed by atoms with Crippen LogP contribution in [0.4, 0.5) is 0 Å². The molecule has 0 saturated carbocycles. The van der Waals surface area contributed by atoms with Crippen LogP contribution < -0.4 is 9.41 Å². The molecule has 2 saturated heterocycles. The van der Waals surface area contributed by atoms with Crippen LogP contribution in [0, 0.1) is 0 Å². The van der Waals surface area contributed by atoms with Gasteiger partial charge in [0.15, 0.2) is 0 Å². The molecule has 2 fully saturated rings. The minimum Gasteiger partial charge on any atom is -1.00 e. The molecule has 0 bridgehead atoms. The number of hydrogen-bond acceptors (Lipinski definition) is 0. The molecule has 2 nitrogen and oxygen atoms in total. The van der Waals surface area contributed by atoms with E-state index < -0.39 is 0 Å². The van der Waals surface area contributed by atoms with Crippen LogP contribution >= 0.6 is 0 Å². The summed E-state index contributed by atoms with van der Waals surface area (Å²) in [5, 5.41) is 8.17. The third kappa shape index (κ3) is 12.5. The Labute approximate surface area is 93.9 Å². The summed E-state index contributed by atoms with van der Waals surface area (Å²) < 4.78 is 0. The van der Waals surface area contributed by atoms with E-state index >= 15 is 0 Å². The van der Waals surface area contributed by atoms with Crippen LogP contribution in [0.2, 0.25) is 0 Å². The second-order valence-electron chi connectivity index (χ2n) is 2.76. The number of nitrogens with zero attached hydrogens (tertiary/aromatic N) is 2. The molecule has 0 radical (unpaired) electrons. The van der Waals surface area contributed by atoms with Crippen molar-refractivity contribution < 1.29 is 31.1 Å². The molecule has 0 aliphatic carbocycles. The largest absolute Gasteiger partial charge is 4.00 e. The van der Waals surface area contributed by atoms with E-state index in [0.717, 1.165) is 26.2 Å². The molecule has 0 aromatic carbocycles. The van der Waals surface area contributed by atoms with E-state index in [1.807, 2.05) is 0 Å². The van der Waals surface area contributed by atoms with Gasteiger partial charge in [-0.15, -0.1) is 26.2 Å². The van der Waals surface area contributed by atoms with Gasteiger partial charge in [0.05, 0.1) is 0 Å². The maximum Gasteiger partial charge on any atom is 4.00 e. The Morgan fingerprint density at radius 3 is 0.846 bits per heavy atom. The summed E-state index contributed by atoms with van der Waals surface area (Å²) in [4.78, 5) is 0. The van der Waals surface area contributed by atoms with Crippen molar-refractivity contribution in [3.63, 3.8) is 0 Å². The van der Waals surface area contributed by atoms with E-state index in [4.69, 9.17) is 0 Å². The first-order valence-corrected chi connectivity index (χ1v) is 4.26. The van der Waals surface area contributed by atoms with E-state index in [0.29, 0.717) is 0 Å². The average Bonchev–Trinajstić information content (AvgIpc) is 2.67. The number of rotatable bonds is 0. The van der Waals surface area contributed by atoms with Crippen LogP contribution in [0.3, 0.4) is 0 Å². The van der Waals surface area contributed by atoms with Gasteiger partial charge in [-0.3, -0.25) is 0 Å². The molecule has 76 valence electrons. The summed E-state index contributed by atoms with van der Waals surface area (Å²) in [5.41, 5.74) is 0. The van der Waals surface area contributed by atoms with Gasteiger partial charge in [-0.05, 0) is 0 Å². The Morgan fingerprint density at radius 2 is 0.769 bits per heavy atom. The Bertz CT molecular complexity index is 53.3. The zero-order valence-corrected chi connectivity index (χ0v) is 9.37. The fourth-order valence-electron chi connectivity index (χ4n) is 1.12. The molecule has 0 atom stereocenters. The molecule has 2 heterocycles. The molecule has 0 N–H and O–H groups in total. The maximum absolute atomic E-state index is 4.08. The molecule has 2 aliphatic rings. The SMILES string of the molecule is C1CC[N-]C1.C1CC[N-]C1.[F-].[F-].[Ti+4]. The van der Waals surface area contributed by atoms with E-state index in [2.05, 4.69) is 10.6 Å². The van der Waals surface area contributed by atoms with Crippen LogP contribution in [0.5, 0.6) is 0 Å². The van der Waals surface area contributed by atoms with Crippen LogP contribution in [-0.4, -0.2) is 26.2 Å². The van der Waals surface area contributed by atoms with E-state index in [1.54, 1.807) is 0 Å². The molecule has 0 unspecified atom stereocenters. The summed E-state index contributed by atoms with van der Waals surface area (Å²) in [5.74, 6) is 0. The molecule has 2 rings (SSSR count). The van der Waals surface area contributed by atoms with Crippen molar-refractivity contribution in [1.82, 2.24) is 0 Å². The molecule has 0 spiro atoms. The second kappa shape index (κ2) is 15.0. The number of halogens is 2. The summed E-state index contributed by atoms with van der Waals surface area (Å²) in [7, 11) is 0. The predicted octanol–water partition coefficient (Wildman–Crippen LogP) is -3.69. The first-order valence-electron chi connectivity index (χ1n) is 4.26. The first kappa shape index (κ1) is 19.1. The quantitative estimate of drug-likeness (QED) is 0.381. The minimum atomic E-state index is 0. The monoisotopic (exact) mass is 226 g/mol. The Morgan fingerprint density at radius 1 is 0.538 bits per heavy atom. The van der Waals surface area contributed by atoms with Gasteiger partial charge in [0.2, 0.25) is 0 Å². The molecule has 2 aliphatic heterocycles. The van der Waals surface area contributed by atoms with Crippen molar-refractivity contribution in [2.45, 2.75) is 25.7 Å². The zero-order chi connectivity index (χ0) is 7.07. The molecule has 13 heavy (non-hydrogen) atoms. The molecule has 0 amide bonds. The smallest absolute Gasteiger partial charge is 1.00 e. The fourth-order valence-corrected chi connectivity index (χ4v) is 1.12. The average molecular weight is 226 g/mol. The summed E-state index contributed by atoms with van der Waals surface area (Å²) in [6, 6.07) is 0. The standard InChI is InChI=1S/2C4H8N.2FH.Ti/c2*1-2-4-5-3-1;;;/h2*1-4H2;2*1H;/q2*-1;;;+4/p-2. The molecule has 5 heteroatoms. The third-order valence-corrected chi connectivity index (χ3v) is 1.76. The van der Waals surface area contributed by atoms with Crippen LogP contribution in [-0.2, 0) is 21.7 Å². The summed E-state index contributed by atoms with van der Waals surface area (Å²) in [6.45, 7) is 4.50. The van der Waals surface area contributed by atoms with Crippen molar-refractivity contribution in [1.29, 1.82) is 0 Å². The molecular formula is C8H16F2N2Ti. The zero-order valence-electron chi connectivity index (χ0n) is 7.81. The van der Waals surface area contributed by atoms with Crippen LogP contribution in [0.25, 0.3) is 10.6 Å². The van der Waals surface area contributed by atoms with Gasteiger partial charge in [-0.2, -0.15) is 0 Å².